The minimum atomic E-state index is -1.04. The molecule has 0 aromatic heterocycles. The molecule has 1 atom stereocenters. The molecule has 0 N–H and O–H groups in total. The Morgan fingerprint density at radius 3 is 1.80 bits per heavy atom. The van der Waals surface area contributed by atoms with Crippen molar-refractivity contribution in [1.29, 1.82) is 0 Å². The van der Waals surface area contributed by atoms with E-state index in [9.17, 15) is 8.78 Å². The summed E-state index contributed by atoms with van der Waals surface area (Å²) in [6.45, 7) is 4.44. The summed E-state index contributed by atoms with van der Waals surface area (Å²) in [5.74, 6) is -1.59. The second kappa shape index (κ2) is 13.3. The van der Waals surface area contributed by atoms with Gasteiger partial charge in [-0.05, 0) is 85.1 Å². The molecule has 1 nitrogen and oxygen atoms in total. The summed E-state index contributed by atoms with van der Waals surface area (Å²) < 4.78 is 65.1. The Morgan fingerprint density at radius 1 is 0.634 bits per heavy atom. The van der Waals surface area contributed by atoms with Crippen LogP contribution >= 0.6 is 0 Å². The van der Waals surface area contributed by atoms with Gasteiger partial charge in [0.05, 0.1) is 6.61 Å². The van der Waals surface area contributed by atoms with E-state index < -0.39 is 23.3 Å². The van der Waals surface area contributed by atoms with Gasteiger partial charge in [-0.25, -0.2) is 13.2 Å². The van der Waals surface area contributed by atoms with Crippen molar-refractivity contribution >= 4 is 5.57 Å². The minimum absolute atomic E-state index is 0.0800. The van der Waals surface area contributed by atoms with E-state index in [4.69, 9.17) is 4.74 Å². The number of rotatable bonds is 9. The third-order valence-electron chi connectivity index (χ3n) is 9.15. The van der Waals surface area contributed by atoms with E-state index in [1.807, 2.05) is 6.92 Å². The molecule has 0 spiro atoms. The molecule has 0 amide bonds. The van der Waals surface area contributed by atoms with Crippen LogP contribution in [0.25, 0.3) is 27.8 Å². The average Bonchev–Trinajstić information content (AvgIpc) is 3.00. The molecule has 1 saturated carbocycles. The van der Waals surface area contributed by atoms with Crippen molar-refractivity contribution in [2.45, 2.75) is 78.1 Å². The molecule has 3 aromatic carbocycles. The maximum atomic E-state index is 15.3. The molecule has 0 aliphatic heterocycles. The molecular formula is C36H40F4O. The molecule has 218 valence electrons. The topological polar surface area (TPSA) is 9.23 Å². The van der Waals surface area contributed by atoms with Crippen LogP contribution in [0.4, 0.5) is 17.6 Å². The predicted molar refractivity (Wildman–Crippen MR) is 159 cm³/mol. The lowest BCUT2D eigenvalue weighted by molar-refractivity contribution is 0.189. The van der Waals surface area contributed by atoms with E-state index in [-0.39, 0.29) is 16.9 Å². The summed E-state index contributed by atoms with van der Waals surface area (Å²) in [6.07, 6.45) is 13.4. The Labute approximate surface area is 241 Å². The van der Waals surface area contributed by atoms with E-state index >= 15 is 8.78 Å². The van der Waals surface area contributed by atoms with Crippen molar-refractivity contribution in [3.8, 4) is 28.0 Å². The first-order valence-electron chi connectivity index (χ1n) is 15.3. The quantitative estimate of drug-likeness (QED) is 0.235. The van der Waals surface area contributed by atoms with E-state index in [0.717, 1.165) is 36.7 Å². The second-order valence-corrected chi connectivity index (χ2v) is 11.8. The zero-order valence-electron chi connectivity index (χ0n) is 24.1. The minimum Gasteiger partial charge on any atom is -0.490 e. The monoisotopic (exact) mass is 564 g/mol. The Kier molecular flexibility index (Phi) is 9.52. The predicted octanol–water partition coefficient (Wildman–Crippen LogP) is 11.2. The van der Waals surface area contributed by atoms with Gasteiger partial charge in [-0.2, -0.15) is 4.39 Å². The molecule has 2 aliphatic rings. The first-order valence-corrected chi connectivity index (χ1v) is 15.3. The highest BCUT2D eigenvalue weighted by molar-refractivity contribution is 5.74. The first-order chi connectivity index (χ1) is 19.9. The molecule has 2 aliphatic carbocycles. The third kappa shape index (κ3) is 6.39. The van der Waals surface area contributed by atoms with Crippen LogP contribution in [0.1, 0.15) is 83.6 Å². The van der Waals surface area contributed by atoms with Crippen molar-refractivity contribution in [1.82, 2.24) is 0 Å². The van der Waals surface area contributed by atoms with Crippen molar-refractivity contribution in [2.24, 2.45) is 17.8 Å². The van der Waals surface area contributed by atoms with Crippen molar-refractivity contribution < 1.29 is 22.3 Å². The number of benzene rings is 3. The number of halogens is 4. The fourth-order valence-electron chi connectivity index (χ4n) is 6.81. The van der Waals surface area contributed by atoms with Crippen LogP contribution in [-0.4, -0.2) is 6.61 Å². The van der Waals surface area contributed by atoms with Crippen molar-refractivity contribution in [3.05, 3.63) is 83.4 Å². The van der Waals surface area contributed by atoms with E-state index in [0.29, 0.717) is 35.6 Å². The van der Waals surface area contributed by atoms with Gasteiger partial charge in [0, 0.05) is 16.7 Å². The molecule has 0 radical (unpaired) electrons. The fourth-order valence-corrected chi connectivity index (χ4v) is 6.81. The number of allylic oxidation sites excluding steroid dienone is 2. The van der Waals surface area contributed by atoms with Gasteiger partial charge in [-0.15, -0.1) is 0 Å². The second-order valence-electron chi connectivity index (χ2n) is 11.8. The molecule has 5 rings (SSSR count). The molecule has 0 saturated heterocycles. The van der Waals surface area contributed by atoms with Crippen LogP contribution in [-0.2, 0) is 0 Å². The molecule has 5 heteroatoms. The van der Waals surface area contributed by atoms with Crippen molar-refractivity contribution in [2.75, 3.05) is 6.61 Å². The average molecular weight is 565 g/mol. The van der Waals surface area contributed by atoms with Crippen LogP contribution < -0.4 is 4.74 Å². The lowest BCUT2D eigenvalue weighted by Gasteiger charge is -2.35. The highest BCUT2D eigenvalue weighted by atomic mass is 19.2. The van der Waals surface area contributed by atoms with Gasteiger partial charge < -0.3 is 4.74 Å². The van der Waals surface area contributed by atoms with Crippen LogP contribution in [0.15, 0.2) is 54.6 Å². The van der Waals surface area contributed by atoms with Gasteiger partial charge in [0.25, 0.3) is 0 Å². The summed E-state index contributed by atoms with van der Waals surface area (Å²) in [6, 6.07) is 12.5. The normalized spacial score (nSPS) is 21.0. The molecule has 41 heavy (non-hydrogen) atoms. The number of hydrogen-bond donors (Lipinski definition) is 0. The molecule has 0 bridgehead atoms. The zero-order valence-corrected chi connectivity index (χ0v) is 24.1. The highest BCUT2D eigenvalue weighted by Crippen LogP contribution is 2.43. The Balaban J connectivity index is 1.28. The maximum absolute atomic E-state index is 15.3. The summed E-state index contributed by atoms with van der Waals surface area (Å²) in [4.78, 5) is 0. The standard InChI is InChI=1S/C36H40F4O/c1-3-5-23-6-8-24(9-7-23)25-10-12-26(13-11-25)29-18-19-30(34(38)33(29)37)27-14-16-28(17-15-27)31-20-21-32(41-22-4-2)36(40)35(31)39/h12,14-21,23-25H,3-11,13,22H2,1-2H3. The van der Waals surface area contributed by atoms with E-state index in [1.54, 1.807) is 36.4 Å². The van der Waals surface area contributed by atoms with Crippen molar-refractivity contribution in [3.63, 3.8) is 0 Å². The van der Waals surface area contributed by atoms with E-state index in [2.05, 4.69) is 13.0 Å². The van der Waals surface area contributed by atoms with Crippen LogP contribution in [0.2, 0.25) is 0 Å². The first kappa shape index (κ1) is 29.4. The van der Waals surface area contributed by atoms with Gasteiger partial charge in [-0.1, -0.05) is 82.0 Å². The highest BCUT2D eigenvalue weighted by Gasteiger charge is 2.29. The summed E-state index contributed by atoms with van der Waals surface area (Å²) in [5, 5.41) is 0. The SMILES string of the molecule is CCCOc1ccc(-c2ccc(-c3ccc(C4=CCC(C5CCC(CCC)CC5)CC4)c(F)c3F)cc2)c(F)c1F. The zero-order chi connectivity index (χ0) is 28.9. The molecular weight excluding hydrogens is 524 g/mol. The van der Waals surface area contributed by atoms with Gasteiger partial charge in [0.2, 0.25) is 5.82 Å². The van der Waals surface area contributed by atoms with Crippen LogP contribution in [0.3, 0.4) is 0 Å². The lowest BCUT2D eigenvalue weighted by Crippen LogP contribution is -2.23. The van der Waals surface area contributed by atoms with E-state index in [1.165, 1.54) is 50.7 Å². The Bertz CT molecular complexity index is 1370. The molecule has 0 heterocycles. The number of ether oxygens (including phenoxy) is 1. The van der Waals surface area contributed by atoms with Gasteiger partial charge in [-0.3, -0.25) is 0 Å². The summed E-state index contributed by atoms with van der Waals surface area (Å²) >= 11 is 0. The third-order valence-corrected chi connectivity index (χ3v) is 9.15. The fraction of sp³-hybridized carbons (Fsp3) is 0.444. The summed E-state index contributed by atoms with van der Waals surface area (Å²) in [5.41, 5.74) is 2.36. The van der Waals surface area contributed by atoms with Crippen LogP contribution in [0, 0.1) is 41.0 Å². The maximum Gasteiger partial charge on any atom is 0.201 e. The molecule has 1 unspecified atom stereocenters. The summed E-state index contributed by atoms with van der Waals surface area (Å²) in [7, 11) is 0. The smallest absolute Gasteiger partial charge is 0.201 e. The lowest BCUT2D eigenvalue weighted by atomic mass is 9.70. The van der Waals surface area contributed by atoms with Crippen LogP contribution in [0.5, 0.6) is 5.75 Å². The van der Waals surface area contributed by atoms with Gasteiger partial charge in [0.15, 0.2) is 23.2 Å². The number of hydrogen-bond acceptors (Lipinski definition) is 1. The van der Waals surface area contributed by atoms with Gasteiger partial charge >= 0.3 is 0 Å². The molecule has 3 aromatic rings. The Hall–Kier alpha value is -3.08. The van der Waals surface area contributed by atoms with Gasteiger partial charge in [0.1, 0.15) is 0 Å². The Morgan fingerprint density at radius 2 is 1.22 bits per heavy atom. The largest absolute Gasteiger partial charge is 0.490 e. The molecule has 1 fully saturated rings.